The monoisotopic (exact) mass is 291 g/mol. The highest BCUT2D eigenvalue weighted by molar-refractivity contribution is 5.76. The molecule has 21 heavy (non-hydrogen) atoms. The Balaban J connectivity index is 2.75. The number of anilines is 1. The molecule has 1 heterocycles. The second kappa shape index (κ2) is 7.79. The summed E-state index contributed by atoms with van der Waals surface area (Å²) in [5.74, 6) is -0.0296. The lowest BCUT2D eigenvalue weighted by Crippen LogP contribution is -2.31. The first-order chi connectivity index (χ1) is 10.0. The van der Waals surface area contributed by atoms with Gasteiger partial charge in [0.25, 0.3) is 0 Å². The normalized spacial score (nSPS) is 9.76. The number of carbonyl (C=O) groups is 1. The number of pyridine rings is 1. The Bertz CT molecular complexity index is 563. The number of nitrogens with one attached hydrogen (secondary N) is 1. The highest BCUT2D eigenvalue weighted by atomic mass is 16.6. The number of rotatable bonds is 7. The number of carbonyl (C=O) groups excluding carboxylic acids is 1. The molecule has 0 saturated heterocycles. The third-order valence-corrected chi connectivity index (χ3v) is 2.97. The van der Waals surface area contributed by atoms with Gasteiger partial charge >= 0.3 is 5.69 Å². The Hall–Kier alpha value is -2.69. The third kappa shape index (κ3) is 4.14. The largest absolute Gasteiger partial charge is 0.364 e. The Morgan fingerprint density at radius 2 is 2.19 bits per heavy atom. The zero-order chi connectivity index (χ0) is 15.8. The van der Waals surface area contributed by atoms with Gasteiger partial charge < -0.3 is 10.2 Å². The fraction of sp³-hybridized carbons (Fsp3) is 0.462. The Morgan fingerprint density at radius 3 is 2.71 bits per heavy atom. The van der Waals surface area contributed by atoms with Crippen LogP contribution in [0, 0.1) is 21.4 Å². The van der Waals surface area contributed by atoms with E-state index < -0.39 is 4.92 Å². The summed E-state index contributed by atoms with van der Waals surface area (Å²) < 4.78 is 0. The molecule has 8 nitrogen and oxygen atoms in total. The summed E-state index contributed by atoms with van der Waals surface area (Å²) in [6.07, 6.45) is 1.53. The molecule has 1 N–H and O–H groups in total. The van der Waals surface area contributed by atoms with Crippen LogP contribution in [0.3, 0.4) is 0 Å². The Morgan fingerprint density at radius 1 is 1.52 bits per heavy atom. The van der Waals surface area contributed by atoms with E-state index in [0.29, 0.717) is 13.1 Å². The van der Waals surface area contributed by atoms with Crippen LogP contribution in [0.15, 0.2) is 12.3 Å². The van der Waals surface area contributed by atoms with Gasteiger partial charge in [-0.1, -0.05) is 0 Å². The van der Waals surface area contributed by atoms with E-state index in [-0.39, 0.29) is 35.9 Å². The van der Waals surface area contributed by atoms with Crippen molar-refractivity contribution < 1.29 is 9.72 Å². The van der Waals surface area contributed by atoms with Crippen molar-refractivity contribution in [3.63, 3.8) is 0 Å². The molecule has 1 rings (SSSR count). The quantitative estimate of drug-likeness (QED) is 0.602. The van der Waals surface area contributed by atoms with Crippen molar-refractivity contribution in [3.05, 3.63) is 27.9 Å². The van der Waals surface area contributed by atoms with Gasteiger partial charge in [0.2, 0.25) is 11.7 Å². The van der Waals surface area contributed by atoms with Crippen molar-refractivity contribution in [1.82, 2.24) is 9.88 Å². The fourth-order valence-corrected chi connectivity index (χ4v) is 1.88. The highest BCUT2D eigenvalue weighted by Crippen LogP contribution is 2.25. The van der Waals surface area contributed by atoms with Gasteiger partial charge in [0.1, 0.15) is 11.6 Å². The SMILES string of the molecule is CCN(CC)C(=O)CCNc1nccc(C#N)c1[N+](=O)[O-]. The standard InChI is InChI=1S/C13H17N5O3/c1-3-17(4-2)11(19)6-8-16-13-12(18(20)21)10(9-14)5-7-15-13/h5,7H,3-4,6,8H2,1-2H3,(H,15,16). The predicted octanol–water partition coefficient (Wildman–Crippen LogP) is 1.53. The Labute approximate surface area is 122 Å². The molecule has 0 aliphatic rings. The molecular weight excluding hydrogens is 274 g/mol. The minimum Gasteiger partial charge on any atom is -0.364 e. The van der Waals surface area contributed by atoms with Crippen LogP contribution in [0.4, 0.5) is 11.5 Å². The van der Waals surface area contributed by atoms with Crippen LogP contribution in [0.25, 0.3) is 0 Å². The lowest BCUT2D eigenvalue weighted by molar-refractivity contribution is -0.384. The molecular formula is C13H17N5O3. The lowest BCUT2D eigenvalue weighted by atomic mass is 10.2. The predicted molar refractivity (Wildman–Crippen MR) is 76.6 cm³/mol. The molecule has 0 fully saturated rings. The van der Waals surface area contributed by atoms with Crippen LogP contribution in [0.2, 0.25) is 0 Å². The number of nitriles is 1. The van der Waals surface area contributed by atoms with E-state index in [4.69, 9.17) is 5.26 Å². The number of nitrogens with zero attached hydrogens (tertiary/aromatic N) is 4. The zero-order valence-electron chi connectivity index (χ0n) is 12.0. The lowest BCUT2D eigenvalue weighted by Gasteiger charge is -2.18. The van der Waals surface area contributed by atoms with E-state index in [1.807, 2.05) is 13.8 Å². The third-order valence-electron chi connectivity index (χ3n) is 2.97. The summed E-state index contributed by atoms with van der Waals surface area (Å²) in [4.78, 5) is 27.7. The molecule has 0 unspecified atom stereocenters. The molecule has 0 saturated carbocycles. The van der Waals surface area contributed by atoms with E-state index >= 15 is 0 Å². The zero-order valence-corrected chi connectivity index (χ0v) is 12.0. The summed E-state index contributed by atoms with van der Waals surface area (Å²) in [5, 5.41) is 22.6. The smallest absolute Gasteiger partial charge is 0.328 e. The average molecular weight is 291 g/mol. The summed E-state index contributed by atoms with van der Waals surface area (Å²) in [6.45, 7) is 5.24. The van der Waals surface area contributed by atoms with E-state index in [1.54, 1.807) is 11.0 Å². The van der Waals surface area contributed by atoms with Crippen LogP contribution in [0.1, 0.15) is 25.8 Å². The molecule has 1 amide bonds. The summed E-state index contributed by atoms with van der Waals surface area (Å²) in [6, 6.07) is 3.04. The molecule has 112 valence electrons. The topological polar surface area (TPSA) is 112 Å². The van der Waals surface area contributed by atoms with Crippen molar-refractivity contribution in [2.24, 2.45) is 0 Å². The summed E-state index contributed by atoms with van der Waals surface area (Å²) in [5.41, 5.74) is -0.428. The average Bonchev–Trinajstić information content (AvgIpc) is 2.47. The van der Waals surface area contributed by atoms with Gasteiger partial charge in [0.15, 0.2) is 0 Å². The van der Waals surface area contributed by atoms with Crippen molar-refractivity contribution in [3.8, 4) is 6.07 Å². The van der Waals surface area contributed by atoms with Crippen molar-refractivity contribution in [2.75, 3.05) is 25.0 Å². The summed E-state index contributed by atoms with van der Waals surface area (Å²) in [7, 11) is 0. The minimum absolute atomic E-state index is 0.00592. The fourth-order valence-electron chi connectivity index (χ4n) is 1.88. The van der Waals surface area contributed by atoms with Crippen LogP contribution >= 0.6 is 0 Å². The van der Waals surface area contributed by atoms with Gasteiger partial charge in [-0.3, -0.25) is 14.9 Å². The molecule has 0 aliphatic heterocycles. The molecule has 0 bridgehead atoms. The van der Waals surface area contributed by atoms with E-state index in [0.717, 1.165) is 0 Å². The maximum Gasteiger partial charge on any atom is 0.328 e. The number of nitro groups is 1. The molecule has 0 spiro atoms. The first-order valence-corrected chi connectivity index (χ1v) is 6.60. The first-order valence-electron chi connectivity index (χ1n) is 6.60. The number of hydrogen-bond donors (Lipinski definition) is 1. The van der Waals surface area contributed by atoms with Gasteiger partial charge in [-0.05, 0) is 19.9 Å². The molecule has 8 heteroatoms. The van der Waals surface area contributed by atoms with E-state index in [1.165, 1.54) is 12.3 Å². The van der Waals surface area contributed by atoms with Crippen molar-refractivity contribution >= 4 is 17.4 Å². The number of hydrogen-bond acceptors (Lipinski definition) is 6. The van der Waals surface area contributed by atoms with Crippen molar-refractivity contribution in [2.45, 2.75) is 20.3 Å². The van der Waals surface area contributed by atoms with Gasteiger partial charge in [-0.2, -0.15) is 5.26 Å². The molecule has 1 aromatic heterocycles. The first kappa shape index (κ1) is 16.4. The maximum absolute atomic E-state index is 11.8. The molecule has 0 aliphatic carbocycles. The maximum atomic E-state index is 11.8. The summed E-state index contributed by atoms with van der Waals surface area (Å²) >= 11 is 0. The van der Waals surface area contributed by atoms with Gasteiger partial charge in [-0.25, -0.2) is 4.98 Å². The van der Waals surface area contributed by atoms with Crippen LogP contribution in [0.5, 0.6) is 0 Å². The molecule has 0 atom stereocenters. The van der Waals surface area contributed by atoms with Gasteiger partial charge in [-0.15, -0.1) is 0 Å². The molecule has 1 aromatic rings. The van der Waals surface area contributed by atoms with Crippen molar-refractivity contribution in [1.29, 1.82) is 5.26 Å². The van der Waals surface area contributed by atoms with Crippen LogP contribution in [-0.4, -0.2) is 40.3 Å². The number of amides is 1. The van der Waals surface area contributed by atoms with E-state index in [2.05, 4.69) is 10.3 Å². The van der Waals surface area contributed by atoms with Crippen LogP contribution in [-0.2, 0) is 4.79 Å². The Kier molecular flexibility index (Phi) is 6.07. The highest BCUT2D eigenvalue weighted by Gasteiger charge is 2.21. The minimum atomic E-state index is -0.653. The molecule has 0 radical (unpaired) electrons. The van der Waals surface area contributed by atoms with Crippen LogP contribution < -0.4 is 5.32 Å². The van der Waals surface area contributed by atoms with Gasteiger partial charge in [0, 0.05) is 32.3 Å². The second-order valence-electron chi connectivity index (χ2n) is 4.17. The van der Waals surface area contributed by atoms with Gasteiger partial charge in [0.05, 0.1) is 4.92 Å². The molecule has 0 aromatic carbocycles. The van der Waals surface area contributed by atoms with E-state index in [9.17, 15) is 14.9 Å². The number of aromatic nitrogens is 1. The second-order valence-corrected chi connectivity index (χ2v) is 4.17.